The molecular weight excluding hydrogens is 699 g/mol. The van der Waals surface area contributed by atoms with E-state index >= 15 is 0 Å². The minimum atomic E-state index is -4.77. The number of hydrogen-bond acceptors (Lipinski definition) is 6. The summed E-state index contributed by atoms with van der Waals surface area (Å²) in [6.07, 6.45) is 53.0. The van der Waals surface area contributed by atoms with E-state index in [-0.39, 0.29) is 19.4 Å². The Morgan fingerprint density at radius 2 is 0.889 bits per heavy atom. The van der Waals surface area contributed by atoms with E-state index in [1.807, 2.05) is 0 Å². The molecule has 0 fully saturated rings. The van der Waals surface area contributed by atoms with Gasteiger partial charge in [-0.25, -0.2) is 4.57 Å². The zero-order valence-corrected chi connectivity index (χ0v) is 34.7. The Morgan fingerprint density at radius 3 is 1.35 bits per heavy atom. The Labute approximate surface area is 329 Å². The van der Waals surface area contributed by atoms with Gasteiger partial charge in [0.25, 0.3) is 0 Å². The van der Waals surface area contributed by atoms with E-state index in [9.17, 15) is 14.2 Å². The highest BCUT2D eigenvalue weighted by atomic mass is 31.2. The smallest absolute Gasteiger partial charge is 0.462 e. The molecule has 0 saturated heterocycles. The Bertz CT molecular complexity index is 1140. The molecule has 9 heteroatoms. The Balaban J connectivity index is 4.03. The monoisotopic (exact) mass is 775 g/mol. The highest BCUT2D eigenvalue weighted by molar-refractivity contribution is 7.46. The van der Waals surface area contributed by atoms with Crippen LogP contribution in [-0.4, -0.2) is 41.0 Å². The number of esters is 2. The van der Waals surface area contributed by atoms with Crippen LogP contribution in [0.25, 0.3) is 0 Å². The molecule has 1 atom stereocenters. The van der Waals surface area contributed by atoms with Gasteiger partial charge >= 0.3 is 19.8 Å². The van der Waals surface area contributed by atoms with Gasteiger partial charge in [0.15, 0.2) is 6.10 Å². The first-order chi connectivity index (χ1) is 26.3. The number of phosphoric ester groups is 1. The van der Waals surface area contributed by atoms with Gasteiger partial charge in [0.2, 0.25) is 0 Å². The van der Waals surface area contributed by atoms with Crippen molar-refractivity contribution in [1.82, 2.24) is 0 Å². The summed E-state index contributed by atoms with van der Waals surface area (Å²) in [6.45, 7) is 3.50. The fourth-order valence-electron chi connectivity index (χ4n) is 5.31. The lowest BCUT2D eigenvalue weighted by Crippen LogP contribution is -2.29. The van der Waals surface area contributed by atoms with Crippen LogP contribution in [-0.2, 0) is 28.2 Å². The van der Waals surface area contributed by atoms with E-state index in [1.54, 1.807) is 0 Å². The molecule has 0 saturated carbocycles. The number of carbonyl (C=O) groups is 2. The van der Waals surface area contributed by atoms with E-state index in [0.29, 0.717) is 12.8 Å². The van der Waals surface area contributed by atoms with Crippen molar-refractivity contribution in [3.63, 3.8) is 0 Å². The molecule has 0 aromatic carbocycles. The van der Waals surface area contributed by atoms with Gasteiger partial charge in [-0.3, -0.25) is 14.1 Å². The van der Waals surface area contributed by atoms with Crippen molar-refractivity contribution in [3.05, 3.63) is 85.1 Å². The molecular formula is C45H75O8P. The second kappa shape index (κ2) is 39.9. The van der Waals surface area contributed by atoms with E-state index in [4.69, 9.17) is 19.3 Å². The molecule has 0 amide bonds. The molecule has 0 spiro atoms. The minimum absolute atomic E-state index is 0.166. The molecule has 8 nitrogen and oxygen atoms in total. The van der Waals surface area contributed by atoms with Gasteiger partial charge in [-0.15, -0.1) is 0 Å². The van der Waals surface area contributed by atoms with Crippen molar-refractivity contribution in [3.8, 4) is 0 Å². The number of rotatable bonds is 37. The third kappa shape index (κ3) is 42.0. The number of carbonyl (C=O) groups excluding carboxylic acids is 2. The second-order valence-electron chi connectivity index (χ2n) is 13.6. The molecule has 308 valence electrons. The fourth-order valence-corrected chi connectivity index (χ4v) is 5.67. The van der Waals surface area contributed by atoms with E-state index < -0.39 is 32.5 Å². The van der Waals surface area contributed by atoms with Crippen LogP contribution in [0.2, 0.25) is 0 Å². The molecule has 0 heterocycles. The Hall–Kier alpha value is -2.77. The highest BCUT2D eigenvalue weighted by Gasteiger charge is 2.22. The molecule has 0 aromatic rings. The molecule has 54 heavy (non-hydrogen) atoms. The van der Waals surface area contributed by atoms with Crippen LogP contribution in [0.4, 0.5) is 0 Å². The van der Waals surface area contributed by atoms with Crippen LogP contribution in [0.15, 0.2) is 85.1 Å². The molecule has 0 aliphatic rings. The maximum atomic E-state index is 12.4. The SMILES string of the molecule is CC/C=C\C/C=C\C/C=C\C/C=C\C/C=C\CCCCCC(=O)O[C@H](COC(=O)CCCCCCCCC/C=C\C/C=C\CCCCC)COP(=O)(O)O. The zero-order valence-electron chi connectivity index (χ0n) is 33.8. The third-order valence-electron chi connectivity index (χ3n) is 8.40. The first-order valence-corrected chi connectivity index (χ1v) is 22.4. The Kier molecular flexibility index (Phi) is 37.9. The molecule has 0 rings (SSSR count). The minimum Gasteiger partial charge on any atom is -0.462 e. The largest absolute Gasteiger partial charge is 0.469 e. The molecule has 0 aliphatic carbocycles. The van der Waals surface area contributed by atoms with Crippen molar-refractivity contribution >= 4 is 19.8 Å². The van der Waals surface area contributed by atoms with Gasteiger partial charge in [-0.2, -0.15) is 0 Å². The molecule has 0 unspecified atom stereocenters. The van der Waals surface area contributed by atoms with Crippen LogP contribution < -0.4 is 0 Å². The average molecular weight is 775 g/mol. The van der Waals surface area contributed by atoms with Gasteiger partial charge < -0.3 is 19.3 Å². The fraction of sp³-hybridized carbons (Fsp3) is 0.644. The number of hydrogen-bond donors (Lipinski definition) is 2. The van der Waals surface area contributed by atoms with Gasteiger partial charge in [0.05, 0.1) is 6.61 Å². The summed E-state index contributed by atoms with van der Waals surface area (Å²) < 4.78 is 26.4. The Morgan fingerprint density at radius 1 is 0.500 bits per heavy atom. The first kappa shape index (κ1) is 51.2. The van der Waals surface area contributed by atoms with E-state index in [2.05, 4.69) is 103 Å². The van der Waals surface area contributed by atoms with Crippen molar-refractivity contribution in [1.29, 1.82) is 0 Å². The number of phosphoric acid groups is 1. The van der Waals surface area contributed by atoms with Crippen LogP contribution in [0.1, 0.15) is 168 Å². The van der Waals surface area contributed by atoms with Gasteiger partial charge in [0, 0.05) is 12.8 Å². The predicted molar refractivity (Wildman–Crippen MR) is 225 cm³/mol. The summed E-state index contributed by atoms with van der Waals surface area (Å²) in [5.41, 5.74) is 0. The van der Waals surface area contributed by atoms with Crippen molar-refractivity contribution in [2.75, 3.05) is 13.2 Å². The van der Waals surface area contributed by atoms with Gasteiger partial charge in [-0.1, -0.05) is 150 Å². The summed E-state index contributed by atoms with van der Waals surface area (Å²) in [5, 5.41) is 0. The highest BCUT2D eigenvalue weighted by Crippen LogP contribution is 2.36. The van der Waals surface area contributed by atoms with Crippen LogP contribution >= 0.6 is 7.82 Å². The number of unbranched alkanes of at least 4 members (excludes halogenated alkanes) is 13. The molecule has 0 aromatic heterocycles. The molecule has 0 radical (unpaired) electrons. The zero-order chi connectivity index (χ0) is 39.6. The van der Waals surface area contributed by atoms with E-state index in [1.165, 1.54) is 44.9 Å². The molecule has 0 bridgehead atoms. The quantitative estimate of drug-likeness (QED) is 0.0277. The normalized spacial score (nSPS) is 13.3. The second-order valence-corrected chi connectivity index (χ2v) is 14.8. The van der Waals surface area contributed by atoms with Crippen molar-refractivity contribution < 1.29 is 37.9 Å². The maximum Gasteiger partial charge on any atom is 0.469 e. The maximum absolute atomic E-state index is 12.4. The van der Waals surface area contributed by atoms with Crippen molar-refractivity contribution in [2.24, 2.45) is 0 Å². The third-order valence-corrected chi connectivity index (χ3v) is 8.88. The standard InChI is InChI=1S/C45H75O8P/c1-3-5-7-9-11-13-15-17-19-21-22-24-26-28-30-32-34-36-38-40-45(47)53-43(42-52-54(48,49)50)41-51-44(46)39-37-35-33-31-29-27-25-23-20-18-16-14-12-10-8-6-4-2/h5,7,11-14,17-20,22,24,28,30,43H,3-4,6,8-10,15-16,21,23,25-27,29,31-42H2,1-2H3,(H2,48,49,50)/b7-5-,13-11-,14-12-,19-17-,20-18-,24-22-,30-28-/t43-/m1/s1. The first-order valence-electron chi connectivity index (χ1n) is 20.9. The van der Waals surface area contributed by atoms with Crippen LogP contribution in [0.5, 0.6) is 0 Å². The molecule has 0 aliphatic heterocycles. The van der Waals surface area contributed by atoms with Gasteiger partial charge in [0.1, 0.15) is 6.61 Å². The van der Waals surface area contributed by atoms with E-state index in [0.717, 1.165) is 83.5 Å². The lowest BCUT2D eigenvalue weighted by atomic mass is 10.1. The summed E-state index contributed by atoms with van der Waals surface area (Å²) in [6, 6.07) is 0. The van der Waals surface area contributed by atoms with Crippen LogP contribution in [0.3, 0.4) is 0 Å². The topological polar surface area (TPSA) is 119 Å². The predicted octanol–water partition coefficient (Wildman–Crippen LogP) is 12.8. The van der Waals surface area contributed by atoms with Crippen LogP contribution in [0, 0.1) is 0 Å². The average Bonchev–Trinajstić information content (AvgIpc) is 3.14. The molecule has 2 N–H and O–H groups in total. The summed E-state index contributed by atoms with van der Waals surface area (Å²) >= 11 is 0. The summed E-state index contributed by atoms with van der Waals surface area (Å²) in [4.78, 5) is 42.9. The number of ether oxygens (including phenoxy) is 2. The number of allylic oxidation sites excluding steroid dienone is 14. The van der Waals surface area contributed by atoms with Gasteiger partial charge in [-0.05, 0) is 89.9 Å². The van der Waals surface area contributed by atoms with Crippen molar-refractivity contribution in [2.45, 2.75) is 174 Å². The lowest BCUT2D eigenvalue weighted by molar-refractivity contribution is -0.161. The lowest BCUT2D eigenvalue weighted by Gasteiger charge is -2.18. The summed E-state index contributed by atoms with van der Waals surface area (Å²) in [5.74, 6) is -0.938. The summed E-state index contributed by atoms with van der Waals surface area (Å²) in [7, 11) is -4.77.